The molecule has 1 atom stereocenters. The van der Waals surface area contributed by atoms with E-state index in [0.29, 0.717) is 11.0 Å². The van der Waals surface area contributed by atoms with Crippen LogP contribution in [0, 0.1) is 0 Å². The highest BCUT2D eigenvalue weighted by molar-refractivity contribution is 7.12. The summed E-state index contributed by atoms with van der Waals surface area (Å²) >= 11 is 7.12. The number of amides is 1. The fourth-order valence-electron chi connectivity index (χ4n) is 2.24. The second-order valence-electron chi connectivity index (χ2n) is 5.26. The summed E-state index contributed by atoms with van der Waals surface area (Å²) in [5.74, 6) is -0.823. The van der Waals surface area contributed by atoms with Gasteiger partial charge in [0, 0.05) is 22.2 Å². The van der Waals surface area contributed by atoms with Gasteiger partial charge in [0.15, 0.2) is 5.82 Å². The van der Waals surface area contributed by atoms with Crippen LogP contribution in [0.25, 0.3) is 5.13 Å². The lowest BCUT2D eigenvalue weighted by molar-refractivity contribution is -0.274. The largest absolute Gasteiger partial charge is 0.573 e. The van der Waals surface area contributed by atoms with Gasteiger partial charge in [-0.1, -0.05) is 11.6 Å². The van der Waals surface area contributed by atoms with Crippen LogP contribution in [0.2, 0.25) is 5.02 Å². The molecule has 0 aliphatic rings. The Bertz CT molecular complexity index is 945. The zero-order valence-electron chi connectivity index (χ0n) is 13.6. The summed E-state index contributed by atoms with van der Waals surface area (Å²) in [7, 11) is 0. The van der Waals surface area contributed by atoms with Gasteiger partial charge in [-0.15, -0.1) is 24.5 Å². The molecule has 27 heavy (non-hydrogen) atoms. The number of carbonyl (C=O) groups excluding carboxylic acids is 1. The molecule has 2 heterocycles. The van der Waals surface area contributed by atoms with Gasteiger partial charge in [-0.25, -0.2) is 9.97 Å². The number of hydrogen-bond acceptors (Lipinski definition) is 6. The molecule has 0 spiro atoms. The molecule has 1 N–H and O–H groups in total. The van der Waals surface area contributed by atoms with Gasteiger partial charge < -0.3 is 10.1 Å². The van der Waals surface area contributed by atoms with Crippen molar-refractivity contribution in [3.8, 4) is 10.9 Å². The Hall–Kier alpha value is -2.66. The third-order valence-electron chi connectivity index (χ3n) is 3.28. The molecule has 7 nitrogen and oxygen atoms in total. The minimum atomic E-state index is -4.89. The molecule has 0 saturated carbocycles. The number of alkyl halides is 3. The summed E-state index contributed by atoms with van der Waals surface area (Å²) in [5, 5.41) is 8.96. The molecule has 0 fully saturated rings. The first kappa shape index (κ1) is 19.1. The zero-order chi connectivity index (χ0) is 19.6. The number of nitrogens with zero attached hydrogens (tertiary/aromatic N) is 4. The first-order valence-corrected chi connectivity index (χ1v) is 8.65. The van der Waals surface area contributed by atoms with Gasteiger partial charge in [0.1, 0.15) is 12.1 Å². The lowest BCUT2D eigenvalue weighted by Gasteiger charge is -2.15. The average Bonchev–Trinajstić information content (AvgIpc) is 3.23. The molecule has 0 bridgehead atoms. The number of benzene rings is 1. The van der Waals surface area contributed by atoms with Crippen molar-refractivity contribution in [3.05, 3.63) is 52.5 Å². The van der Waals surface area contributed by atoms with E-state index in [-0.39, 0.29) is 10.6 Å². The number of halogens is 4. The Morgan fingerprint density at radius 3 is 2.78 bits per heavy atom. The smallest absolute Gasteiger partial charge is 0.406 e. The molecule has 0 unspecified atom stereocenters. The maximum Gasteiger partial charge on any atom is 0.573 e. The number of ether oxygens (including phenoxy) is 1. The topological polar surface area (TPSA) is 81.9 Å². The molecule has 2 aromatic heterocycles. The van der Waals surface area contributed by atoms with Gasteiger partial charge in [0.25, 0.3) is 5.91 Å². The maximum atomic E-state index is 12.4. The van der Waals surface area contributed by atoms with Crippen molar-refractivity contribution in [2.45, 2.75) is 19.3 Å². The average molecular weight is 418 g/mol. The third kappa shape index (κ3) is 4.74. The van der Waals surface area contributed by atoms with Gasteiger partial charge in [0.2, 0.25) is 5.13 Å². The summed E-state index contributed by atoms with van der Waals surface area (Å²) in [5.41, 5.74) is -0.0890. The van der Waals surface area contributed by atoms with Gasteiger partial charge in [0.05, 0.1) is 6.04 Å². The van der Waals surface area contributed by atoms with Crippen LogP contribution in [-0.4, -0.2) is 32.0 Å². The third-order valence-corrected chi connectivity index (χ3v) is 4.24. The summed E-state index contributed by atoms with van der Waals surface area (Å²) in [6.07, 6.45) is -1.98. The number of thiazole rings is 1. The molecule has 1 amide bonds. The maximum absolute atomic E-state index is 12.4. The van der Waals surface area contributed by atoms with E-state index >= 15 is 0 Å². The molecule has 3 rings (SSSR count). The standard InChI is InChI=1S/C15H11ClF3N5O2S/c1-8(12-21-7-22-24(12)14-20-2-3-27-14)23-13(25)9-4-10(16)6-11(5-9)26-15(17,18)19/h2-8H,1H3,(H,23,25)/t8-/m0/s1. The fraction of sp³-hybridized carbons (Fsp3) is 0.200. The van der Waals surface area contributed by atoms with Gasteiger partial charge in [-0.2, -0.15) is 9.78 Å². The van der Waals surface area contributed by atoms with Gasteiger partial charge in [-0.3, -0.25) is 4.79 Å². The van der Waals surface area contributed by atoms with E-state index in [1.54, 1.807) is 18.5 Å². The molecule has 12 heteroatoms. The number of rotatable bonds is 5. The highest BCUT2D eigenvalue weighted by Crippen LogP contribution is 2.27. The summed E-state index contributed by atoms with van der Waals surface area (Å²) < 4.78 is 42.5. The lowest BCUT2D eigenvalue weighted by Crippen LogP contribution is -2.29. The molecule has 0 aliphatic carbocycles. The van der Waals surface area contributed by atoms with Crippen molar-refractivity contribution >= 4 is 28.8 Å². The second kappa shape index (κ2) is 7.53. The van der Waals surface area contributed by atoms with Crippen LogP contribution in [0.15, 0.2) is 36.1 Å². The molecule has 3 aromatic rings. The Kier molecular flexibility index (Phi) is 5.33. The van der Waals surface area contributed by atoms with Crippen LogP contribution in [0.5, 0.6) is 5.75 Å². The number of hydrogen-bond donors (Lipinski definition) is 1. The van der Waals surface area contributed by atoms with E-state index < -0.39 is 24.1 Å². The Morgan fingerprint density at radius 1 is 1.33 bits per heavy atom. The first-order chi connectivity index (χ1) is 12.7. The SMILES string of the molecule is C[C@H](NC(=O)c1cc(Cl)cc(OC(F)(F)F)c1)c1ncnn1-c1nccs1. The first-order valence-electron chi connectivity index (χ1n) is 7.40. The normalized spacial score (nSPS) is 12.6. The Labute approximate surface area is 159 Å². The van der Waals surface area contributed by atoms with Crippen LogP contribution in [-0.2, 0) is 0 Å². The van der Waals surface area contributed by atoms with E-state index in [0.717, 1.165) is 12.1 Å². The van der Waals surface area contributed by atoms with Crippen LogP contribution in [0.4, 0.5) is 13.2 Å². The van der Waals surface area contributed by atoms with E-state index in [9.17, 15) is 18.0 Å². The molecule has 0 radical (unpaired) electrons. The van der Waals surface area contributed by atoms with Crippen LogP contribution < -0.4 is 10.1 Å². The molecule has 0 aliphatic heterocycles. The predicted molar refractivity (Wildman–Crippen MR) is 91.0 cm³/mol. The Morgan fingerprint density at radius 2 is 2.11 bits per heavy atom. The fourth-order valence-corrected chi connectivity index (χ4v) is 3.08. The highest BCUT2D eigenvalue weighted by Gasteiger charge is 2.31. The van der Waals surface area contributed by atoms with Crippen molar-refractivity contribution in [3.63, 3.8) is 0 Å². The summed E-state index contributed by atoms with van der Waals surface area (Å²) in [6.45, 7) is 1.66. The van der Waals surface area contributed by atoms with E-state index in [2.05, 4.69) is 25.1 Å². The highest BCUT2D eigenvalue weighted by atomic mass is 35.5. The monoisotopic (exact) mass is 417 g/mol. The van der Waals surface area contributed by atoms with Crippen LogP contribution in [0.3, 0.4) is 0 Å². The van der Waals surface area contributed by atoms with Gasteiger partial charge >= 0.3 is 6.36 Å². The molecule has 0 saturated heterocycles. The minimum absolute atomic E-state index is 0.0690. The summed E-state index contributed by atoms with van der Waals surface area (Å²) in [4.78, 5) is 20.7. The molecule has 142 valence electrons. The second-order valence-corrected chi connectivity index (χ2v) is 6.57. The lowest BCUT2D eigenvalue weighted by atomic mass is 10.2. The number of nitrogens with one attached hydrogen (secondary N) is 1. The number of carbonyl (C=O) groups is 1. The van der Waals surface area contributed by atoms with Crippen molar-refractivity contribution in [2.75, 3.05) is 0 Å². The summed E-state index contributed by atoms with van der Waals surface area (Å²) in [6, 6.07) is 2.55. The van der Waals surface area contributed by atoms with Crippen LogP contribution >= 0.6 is 22.9 Å². The van der Waals surface area contributed by atoms with E-state index in [1.807, 2.05) is 0 Å². The molecular formula is C15H11ClF3N5O2S. The van der Waals surface area contributed by atoms with Crippen molar-refractivity contribution < 1.29 is 22.7 Å². The zero-order valence-corrected chi connectivity index (χ0v) is 15.1. The van der Waals surface area contributed by atoms with Crippen molar-refractivity contribution in [1.82, 2.24) is 25.1 Å². The molecule has 1 aromatic carbocycles. The number of aromatic nitrogens is 4. The van der Waals surface area contributed by atoms with Gasteiger partial charge in [-0.05, 0) is 25.1 Å². The van der Waals surface area contributed by atoms with Crippen LogP contribution in [0.1, 0.15) is 29.1 Å². The Balaban J connectivity index is 1.79. The molecular weight excluding hydrogens is 407 g/mol. The van der Waals surface area contributed by atoms with E-state index in [1.165, 1.54) is 28.4 Å². The van der Waals surface area contributed by atoms with Crippen molar-refractivity contribution in [1.29, 1.82) is 0 Å². The minimum Gasteiger partial charge on any atom is -0.406 e. The van der Waals surface area contributed by atoms with Crippen molar-refractivity contribution in [2.24, 2.45) is 0 Å². The van der Waals surface area contributed by atoms with E-state index in [4.69, 9.17) is 11.6 Å². The quantitative estimate of drug-likeness (QED) is 0.683. The predicted octanol–water partition coefficient (Wildman–Crippen LogP) is 3.77.